The molecule has 0 radical (unpaired) electrons. The van der Waals surface area contributed by atoms with Crippen LogP contribution in [0.2, 0.25) is 0 Å². The van der Waals surface area contributed by atoms with Crippen molar-refractivity contribution < 1.29 is 9.53 Å². The highest BCUT2D eigenvalue weighted by molar-refractivity contribution is 5.80. The van der Waals surface area contributed by atoms with Gasteiger partial charge in [0.05, 0.1) is 29.5 Å². The number of fused-ring (bicyclic) bond motifs is 2. The highest BCUT2D eigenvalue weighted by atomic mass is 16.5. The van der Waals surface area contributed by atoms with Crippen molar-refractivity contribution in [3.05, 3.63) is 46.8 Å². The number of pyridine rings is 1. The summed E-state index contributed by atoms with van der Waals surface area (Å²) in [5.74, 6) is 0.432. The van der Waals surface area contributed by atoms with Gasteiger partial charge in [0.2, 0.25) is 5.91 Å². The predicted molar refractivity (Wildman–Crippen MR) is 114 cm³/mol. The van der Waals surface area contributed by atoms with Gasteiger partial charge in [0.15, 0.2) is 11.5 Å². The Morgan fingerprint density at radius 1 is 1.35 bits per heavy atom. The smallest absolute Gasteiger partial charge is 0.328 e. The number of carbonyl (C=O) groups excluding carboxylic acids is 1. The molecule has 0 aliphatic carbocycles. The van der Waals surface area contributed by atoms with Crippen LogP contribution in [-0.2, 0) is 9.53 Å². The van der Waals surface area contributed by atoms with Gasteiger partial charge in [-0.15, -0.1) is 0 Å². The number of likely N-dealkylation sites (tertiary alicyclic amines) is 1. The number of piperidine rings is 1. The first kappa shape index (κ1) is 19.4. The molecule has 1 N–H and O–H groups in total. The van der Waals surface area contributed by atoms with E-state index in [-0.39, 0.29) is 24.2 Å². The first-order chi connectivity index (χ1) is 15.0. The van der Waals surface area contributed by atoms with Crippen molar-refractivity contribution in [3.8, 4) is 11.4 Å². The van der Waals surface area contributed by atoms with Gasteiger partial charge in [0, 0.05) is 26.4 Å². The van der Waals surface area contributed by atoms with Gasteiger partial charge in [-0.2, -0.15) is 5.10 Å². The number of aromatic nitrogens is 6. The standard InChI is InChI=1S/C21H23N7O3/c1-13-5-7-27-17(8-13)15(9-23-27)19-22-10-16-20(25-19)28(21(30)24-16)14-4-3-6-26(11-14)18(29)12-31-2/h5,7-10,14H,3-4,6,11-12H2,1-2H3,(H,24,30). The van der Waals surface area contributed by atoms with Gasteiger partial charge in [-0.1, -0.05) is 0 Å². The largest absolute Gasteiger partial charge is 0.375 e. The van der Waals surface area contributed by atoms with E-state index >= 15 is 0 Å². The van der Waals surface area contributed by atoms with E-state index in [1.165, 1.54) is 7.11 Å². The summed E-state index contributed by atoms with van der Waals surface area (Å²) in [5.41, 5.74) is 3.67. The number of methoxy groups -OCH3 is 1. The number of hydrogen-bond donors (Lipinski definition) is 1. The lowest BCUT2D eigenvalue weighted by Gasteiger charge is -2.33. The molecule has 0 saturated carbocycles. The van der Waals surface area contributed by atoms with Crippen LogP contribution in [0, 0.1) is 6.92 Å². The van der Waals surface area contributed by atoms with Crippen LogP contribution >= 0.6 is 0 Å². The van der Waals surface area contributed by atoms with Crippen molar-refractivity contribution in [1.82, 2.24) is 34.0 Å². The van der Waals surface area contributed by atoms with Crippen LogP contribution in [-0.4, -0.2) is 66.7 Å². The number of imidazole rings is 1. The Morgan fingerprint density at radius 2 is 2.23 bits per heavy atom. The van der Waals surface area contributed by atoms with Crippen LogP contribution in [0.5, 0.6) is 0 Å². The summed E-state index contributed by atoms with van der Waals surface area (Å²) in [6.45, 7) is 3.17. The van der Waals surface area contributed by atoms with Crippen molar-refractivity contribution in [1.29, 1.82) is 0 Å². The molecule has 10 heteroatoms. The summed E-state index contributed by atoms with van der Waals surface area (Å²) in [6.07, 6.45) is 6.86. The number of hydrogen-bond acceptors (Lipinski definition) is 6. The van der Waals surface area contributed by atoms with E-state index in [9.17, 15) is 9.59 Å². The Labute approximate surface area is 177 Å². The Bertz CT molecular complexity index is 1340. The van der Waals surface area contributed by atoms with Crippen molar-refractivity contribution >= 4 is 22.6 Å². The maximum atomic E-state index is 12.8. The first-order valence-corrected chi connectivity index (χ1v) is 10.2. The zero-order valence-corrected chi connectivity index (χ0v) is 17.4. The molecular formula is C21H23N7O3. The number of nitrogens with zero attached hydrogens (tertiary/aromatic N) is 6. The highest BCUT2D eigenvalue weighted by Crippen LogP contribution is 2.26. The molecule has 5 heterocycles. The van der Waals surface area contributed by atoms with E-state index in [1.807, 2.05) is 25.3 Å². The van der Waals surface area contributed by atoms with Crippen LogP contribution < -0.4 is 5.69 Å². The molecule has 160 valence electrons. The van der Waals surface area contributed by atoms with Crippen LogP contribution in [0.4, 0.5) is 0 Å². The molecule has 1 saturated heterocycles. The quantitative estimate of drug-likeness (QED) is 0.535. The summed E-state index contributed by atoms with van der Waals surface area (Å²) in [7, 11) is 1.50. The third-order valence-electron chi connectivity index (χ3n) is 5.76. The maximum absolute atomic E-state index is 12.8. The van der Waals surface area contributed by atoms with Crippen LogP contribution in [0.3, 0.4) is 0 Å². The summed E-state index contributed by atoms with van der Waals surface area (Å²) in [4.78, 5) is 38.9. The van der Waals surface area contributed by atoms with Gasteiger partial charge in [-0.25, -0.2) is 19.3 Å². The average Bonchev–Trinajstić information content (AvgIpc) is 3.33. The monoisotopic (exact) mass is 421 g/mol. The zero-order valence-electron chi connectivity index (χ0n) is 17.4. The van der Waals surface area contributed by atoms with Crippen LogP contribution in [0.25, 0.3) is 28.1 Å². The molecule has 5 rings (SSSR count). The first-order valence-electron chi connectivity index (χ1n) is 10.2. The second-order valence-electron chi connectivity index (χ2n) is 7.89. The van der Waals surface area contributed by atoms with Crippen molar-refractivity contribution in [3.63, 3.8) is 0 Å². The molecule has 1 aliphatic heterocycles. The lowest BCUT2D eigenvalue weighted by molar-refractivity contribution is -0.136. The zero-order chi connectivity index (χ0) is 21.5. The van der Waals surface area contributed by atoms with Gasteiger partial charge in [0.25, 0.3) is 0 Å². The SMILES string of the molecule is COCC(=O)N1CCCC(n2c(=O)[nH]c3cnc(-c4cnn5ccc(C)cc45)nc32)C1. The molecule has 4 aromatic heterocycles. The fourth-order valence-corrected chi connectivity index (χ4v) is 4.25. The number of nitrogens with one attached hydrogen (secondary N) is 1. The van der Waals surface area contributed by atoms with E-state index in [1.54, 1.807) is 26.4 Å². The summed E-state index contributed by atoms with van der Waals surface area (Å²) < 4.78 is 8.42. The fraction of sp³-hybridized carbons (Fsp3) is 0.381. The second-order valence-corrected chi connectivity index (χ2v) is 7.89. The summed E-state index contributed by atoms with van der Waals surface area (Å²) in [6, 6.07) is 3.85. The molecule has 0 spiro atoms. The maximum Gasteiger partial charge on any atom is 0.328 e. The summed E-state index contributed by atoms with van der Waals surface area (Å²) in [5, 5.41) is 4.38. The highest BCUT2D eigenvalue weighted by Gasteiger charge is 2.27. The number of amides is 1. The Morgan fingerprint density at radius 3 is 3.06 bits per heavy atom. The number of aromatic amines is 1. The Kier molecular flexibility index (Phi) is 4.78. The van der Waals surface area contributed by atoms with Gasteiger partial charge in [0.1, 0.15) is 12.1 Å². The minimum atomic E-state index is -0.247. The van der Waals surface area contributed by atoms with Gasteiger partial charge >= 0.3 is 5.69 Å². The van der Waals surface area contributed by atoms with Crippen molar-refractivity contribution in [2.24, 2.45) is 0 Å². The van der Waals surface area contributed by atoms with E-state index in [4.69, 9.17) is 9.72 Å². The van der Waals surface area contributed by atoms with E-state index in [2.05, 4.69) is 15.1 Å². The molecule has 0 bridgehead atoms. The molecule has 1 amide bonds. The molecule has 1 atom stereocenters. The van der Waals surface area contributed by atoms with Crippen LogP contribution in [0.15, 0.2) is 35.5 Å². The molecule has 1 aliphatic rings. The molecule has 4 aromatic rings. The Balaban J connectivity index is 1.57. The number of ether oxygens (including phenoxy) is 1. The molecule has 1 unspecified atom stereocenters. The fourth-order valence-electron chi connectivity index (χ4n) is 4.25. The van der Waals surface area contributed by atoms with Gasteiger partial charge in [-0.05, 0) is 37.5 Å². The molecule has 31 heavy (non-hydrogen) atoms. The van der Waals surface area contributed by atoms with E-state index < -0.39 is 0 Å². The normalized spacial score (nSPS) is 17.0. The van der Waals surface area contributed by atoms with E-state index in [0.29, 0.717) is 30.1 Å². The Hall–Kier alpha value is -3.53. The van der Waals surface area contributed by atoms with Gasteiger partial charge in [-0.3, -0.25) is 9.36 Å². The van der Waals surface area contributed by atoms with Gasteiger partial charge < -0.3 is 14.6 Å². The molecule has 0 aromatic carbocycles. The minimum absolute atomic E-state index is 0.0377. The third-order valence-corrected chi connectivity index (χ3v) is 5.76. The van der Waals surface area contributed by atoms with Crippen LogP contribution in [0.1, 0.15) is 24.4 Å². The number of rotatable bonds is 4. The molecular weight excluding hydrogens is 398 g/mol. The van der Waals surface area contributed by atoms with Crippen molar-refractivity contribution in [2.75, 3.05) is 26.8 Å². The van der Waals surface area contributed by atoms with Crippen molar-refractivity contribution in [2.45, 2.75) is 25.8 Å². The summed E-state index contributed by atoms with van der Waals surface area (Å²) >= 11 is 0. The second kappa shape index (κ2) is 7.62. The lowest BCUT2D eigenvalue weighted by Crippen LogP contribution is -2.43. The minimum Gasteiger partial charge on any atom is -0.375 e. The van der Waals surface area contributed by atoms with E-state index in [0.717, 1.165) is 29.5 Å². The third kappa shape index (κ3) is 3.38. The topological polar surface area (TPSA) is 110 Å². The molecule has 1 fully saturated rings. The predicted octanol–water partition coefficient (Wildman–Crippen LogP) is 1.55. The lowest BCUT2D eigenvalue weighted by atomic mass is 10.1. The molecule has 10 nitrogen and oxygen atoms in total. The average molecular weight is 421 g/mol. The number of H-pyrrole nitrogens is 1. The number of aryl methyl sites for hydroxylation is 1. The number of carbonyl (C=O) groups is 1.